The Bertz CT molecular complexity index is 1100. The fourth-order valence-corrected chi connectivity index (χ4v) is 3.12. The first kappa shape index (κ1) is 15.7. The lowest BCUT2D eigenvalue weighted by molar-refractivity contribution is -0.115. The maximum atomic E-state index is 13.8. The molecule has 1 aromatic heterocycles. The molecule has 5 heteroatoms. The molecule has 0 spiro atoms. The van der Waals surface area contributed by atoms with Crippen LogP contribution < -0.4 is 5.32 Å². The van der Waals surface area contributed by atoms with Gasteiger partial charge in [-0.3, -0.25) is 4.79 Å². The normalized spacial score (nSPS) is 11.1. The first-order valence-electron chi connectivity index (χ1n) is 7.74. The lowest BCUT2D eigenvalue weighted by Crippen LogP contribution is -2.15. The number of rotatable bonds is 3. The smallest absolute Gasteiger partial charge is 0.229 e. The Morgan fingerprint density at radius 1 is 1.12 bits per heavy atom. The van der Waals surface area contributed by atoms with Crippen molar-refractivity contribution in [2.75, 3.05) is 5.32 Å². The van der Waals surface area contributed by atoms with Gasteiger partial charge in [0, 0.05) is 16.0 Å². The van der Waals surface area contributed by atoms with E-state index in [1.165, 1.54) is 12.1 Å². The maximum absolute atomic E-state index is 13.8. The van der Waals surface area contributed by atoms with Crippen molar-refractivity contribution < 1.29 is 13.6 Å². The predicted octanol–water partition coefficient (Wildman–Crippen LogP) is 5.56. The van der Waals surface area contributed by atoms with Crippen LogP contribution in [0.25, 0.3) is 21.7 Å². The van der Waals surface area contributed by atoms with Crippen molar-refractivity contribution in [1.82, 2.24) is 0 Å². The highest BCUT2D eigenvalue weighted by molar-refractivity contribution is 6.30. The molecule has 0 saturated carbocycles. The summed E-state index contributed by atoms with van der Waals surface area (Å²) in [5.41, 5.74) is 1.59. The molecule has 1 N–H and O–H groups in total. The molecule has 0 radical (unpaired) electrons. The summed E-state index contributed by atoms with van der Waals surface area (Å²) >= 11 is 5.72. The van der Waals surface area contributed by atoms with Crippen LogP contribution >= 0.6 is 11.6 Å². The van der Waals surface area contributed by atoms with Gasteiger partial charge in [-0.2, -0.15) is 0 Å². The second kappa shape index (κ2) is 6.22. The first-order chi connectivity index (χ1) is 12.1. The number of anilines is 1. The van der Waals surface area contributed by atoms with Crippen LogP contribution in [0.5, 0.6) is 0 Å². The van der Waals surface area contributed by atoms with Gasteiger partial charge >= 0.3 is 0 Å². The molecule has 0 saturated heterocycles. The number of hydrogen-bond donors (Lipinski definition) is 1. The summed E-state index contributed by atoms with van der Waals surface area (Å²) in [6, 6.07) is 15.9. The average molecular weight is 354 g/mol. The molecule has 0 aliphatic heterocycles. The Hall–Kier alpha value is -2.85. The van der Waals surface area contributed by atoms with Crippen molar-refractivity contribution in [1.29, 1.82) is 0 Å². The van der Waals surface area contributed by atoms with E-state index < -0.39 is 5.82 Å². The Labute approximate surface area is 148 Å². The minimum atomic E-state index is -0.566. The molecule has 0 unspecified atom stereocenters. The first-order valence-corrected chi connectivity index (χ1v) is 8.12. The van der Waals surface area contributed by atoms with Gasteiger partial charge < -0.3 is 9.73 Å². The van der Waals surface area contributed by atoms with E-state index in [0.29, 0.717) is 0 Å². The number of benzene rings is 3. The highest BCUT2D eigenvalue weighted by atomic mass is 35.5. The van der Waals surface area contributed by atoms with E-state index in [1.54, 1.807) is 6.26 Å². The Balaban J connectivity index is 1.66. The topological polar surface area (TPSA) is 42.2 Å². The third-order valence-electron chi connectivity index (χ3n) is 4.10. The van der Waals surface area contributed by atoms with Crippen LogP contribution in [-0.2, 0) is 11.2 Å². The number of carbonyl (C=O) groups is 1. The summed E-state index contributed by atoms with van der Waals surface area (Å²) in [5.74, 6) is -0.889. The molecule has 0 fully saturated rings. The van der Waals surface area contributed by atoms with E-state index in [-0.39, 0.29) is 23.0 Å². The van der Waals surface area contributed by atoms with Gasteiger partial charge in [-0.15, -0.1) is 0 Å². The van der Waals surface area contributed by atoms with Crippen molar-refractivity contribution in [2.24, 2.45) is 0 Å². The molecule has 0 bridgehead atoms. The van der Waals surface area contributed by atoms with Crippen LogP contribution in [0, 0.1) is 5.82 Å². The van der Waals surface area contributed by atoms with Crippen molar-refractivity contribution in [2.45, 2.75) is 6.42 Å². The van der Waals surface area contributed by atoms with E-state index in [4.69, 9.17) is 16.0 Å². The minimum absolute atomic E-state index is 0.0864. The molecule has 1 amide bonds. The molecule has 4 aromatic rings. The van der Waals surface area contributed by atoms with E-state index in [0.717, 1.165) is 33.4 Å². The summed E-state index contributed by atoms with van der Waals surface area (Å²) in [7, 11) is 0. The van der Waals surface area contributed by atoms with Gasteiger partial charge in [-0.25, -0.2) is 4.39 Å². The Morgan fingerprint density at radius 2 is 1.96 bits per heavy atom. The van der Waals surface area contributed by atoms with E-state index >= 15 is 0 Å². The highest BCUT2D eigenvalue weighted by Crippen LogP contribution is 2.30. The molecular formula is C20H13ClFNO2. The van der Waals surface area contributed by atoms with Gasteiger partial charge in [0.05, 0.1) is 18.4 Å². The number of amides is 1. The fourth-order valence-electron chi connectivity index (χ4n) is 2.96. The summed E-state index contributed by atoms with van der Waals surface area (Å²) < 4.78 is 19.4. The van der Waals surface area contributed by atoms with Crippen LogP contribution in [0.2, 0.25) is 5.02 Å². The summed E-state index contributed by atoms with van der Waals surface area (Å²) in [5, 5.41) is 5.86. The number of halogens is 2. The van der Waals surface area contributed by atoms with Crippen molar-refractivity contribution >= 4 is 44.9 Å². The largest absolute Gasteiger partial charge is 0.464 e. The number of nitrogens with one attached hydrogen (secondary N) is 1. The molecule has 0 aliphatic rings. The molecule has 1 heterocycles. The van der Waals surface area contributed by atoms with Crippen molar-refractivity contribution in [3.63, 3.8) is 0 Å². The molecular weight excluding hydrogens is 341 g/mol. The van der Waals surface area contributed by atoms with Crippen LogP contribution in [0.15, 0.2) is 65.3 Å². The third kappa shape index (κ3) is 2.96. The summed E-state index contributed by atoms with van der Waals surface area (Å²) in [6.45, 7) is 0. The van der Waals surface area contributed by atoms with Gasteiger partial charge in [0.1, 0.15) is 11.4 Å². The summed E-state index contributed by atoms with van der Waals surface area (Å²) in [6.07, 6.45) is 1.66. The minimum Gasteiger partial charge on any atom is -0.464 e. The molecule has 0 aliphatic carbocycles. The zero-order valence-corrected chi connectivity index (χ0v) is 13.8. The zero-order chi connectivity index (χ0) is 17.4. The van der Waals surface area contributed by atoms with Crippen LogP contribution in [-0.4, -0.2) is 5.91 Å². The molecule has 3 nitrogen and oxygen atoms in total. The fraction of sp³-hybridized carbons (Fsp3) is 0.0500. The van der Waals surface area contributed by atoms with E-state index in [1.807, 2.05) is 36.4 Å². The lowest BCUT2D eigenvalue weighted by Gasteiger charge is -2.07. The second-order valence-electron chi connectivity index (χ2n) is 5.77. The highest BCUT2D eigenvalue weighted by Gasteiger charge is 2.14. The molecule has 4 rings (SSSR count). The van der Waals surface area contributed by atoms with Crippen LogP contribution in [0.1, 0.15) is 5.56 Å². The van der Waals surface area contributed by atoms with Gasteiger partial charge in [-0.05, 0) is 35.0 Å². The SMILES string of the molecule is O=C(Cc1coc2ccc3ccccc3c12)Nc1ccc(Cl)cc1F. The lowest BCUT2D eigenvalue weighted by atomic mass is 10.0. The monoisotopic (exact) mass is 353 g/mol. The number of hydrogen-bond acceptors (Lipinski definition) is 2. The average Bonchev–Trinajstić information content (AvgIpc) is 3.01. The number of carbonyl (C=O) groups excluding carboxylic acids is 1. The van der Waals surface area contributed by atoms with Gasteiger partial charge in [0.15, 0.2) is 0 Å². The predicted molar refractivity (Wildman–Crippen MR) is 97.5 cm³/mol. The van der Waals surface area contributed by atoms with Gasteiger partial charge in [-0.1, -0.05) is 41.9 Å². The maximum Gasteiger partial charge on any atom is 0.229 e. The summed E-state index contributed by atoms with van der Waals surface area (Å²) in [4.78, 5) is 12.3. The van der Waals surface area contributed by atoms with Crippen molar-refractivity contribution in [3.05, 3.63) is 77.3 Å². The Morgan fingerprint density at radius 3 is 2.80 bits per heavy atom. The molecule has 25 heavy (non-hydrogen) atoms. The van der Waals surface area contributed by atoms with Crippen LogP contribution in [0.4, 0.5) is 10.1 Å². The van der Waals surface area contributed by atoms with Crippen molar-refractivity contribution in [3.8, 4) is 0 Å². The van der Waals surface area contributed by atoms with E-state index in [2.05, 4.69) is 5.32 Å². The molecule has 0 atom stereocenters. The molecule has 124 valence electrons. The van der Waals surface area contributed by atoms with Crippen LogP contribution in [0.3, 0.4) is 0 Å². The third-order valence-corrected chi connectivity index (χ3v) is 4.33. The van der Waals surface area contributed by atoms with E-state index in [9.17, 15) is 9.18 Å². The Kier molecular flexibility index (Phi) is 3.90. The number of fused-ring (bicyclic) bond motifs is 3. The van der Waals surface area contributed by atoms with Gasteiger partial charge in [0.25, 0.3) is 0 Å². The number of furan rings is 1. The quantitative estimate of drug-likeness (QED) is 0.524. The zero-order valence-electron chi connectivity index (χ0n) is 13.1. The second-order valence-corrected chi connectivity index (χ2v) is 6.21. The molecule has 3 aromatic carbocycles. The standard InChI is InChI=1S/C20H13ClFNO2/c21-14-6-7-17(16(22)10-14)23-19(24)9-13-11-25-18-8-5-12-3-1-2-4-15(12)20(13)18/h1-8,10-11H,9H2,(H,23,24). The van der Waals surface area contributed by atoms with Gasteiger partial charge in [0.2, 0.25) is 5.91 Å².